The van der Waals surface area contributed by atoms with E-state index in [0.717, 1.165) is 39.3 Å². The number of aromatic nitrogens is 2. The smallest absolute Gasteiger partial charge is 0.145 e. The van der Waals surface area contributed by atoms with Gasteiger partial charge in [-0.25, -0.2) is 4.98 Å². The quantitative estimate of drug-likeness (QED) is 0.178. The second-order valence-corrected chi connectivity index (χ2v) is 15.2. The number of fused-ring (bicyclic) bond motifs is 9. The van der Waals surface area contributed by atoms with E-state index in [1.165, 1.54) is 60.3 Å². The maximum absolute atomic E-state index is 4.98. The van der Waals surface area contributed by atoms with Crippen molar-refractivity contribution in [2.75, 3.05) is 4.90 Å². The zero-order valence-electron chi connectivity index (χ0n) is 30.7. The van der Waals surface area contributed by atoms with Crippen LogP contribution >= 0.6 is 0 Å². The zero-order valence-corrected chi connectivity index (χ0v) is 30.7. The normalized spacial score (nSPS) is 13.1. The minimum absolute atomic E-state index is 0.0785. The van der Waals surface area contributed by atoms with E-state index in [1.807, 2.05) is 6.20 Å². The standard InChI is InChI=1S/C52H37N3/c1-52(2)46-19-11-10-18-43(46)44-27-26-40(33-47(44)52)54(38-14-4-3-5-15-38)39-24-20-34(21-25-39)37-23-28-48-45(32-37)50-41-16-8-6-12-35(41)22-29-49(50)55(48)51-42-17-9-7-13-36(42)30-31-53-51/h3-33H,1-2H3. The first-order valence-electron chi connectivity index (χ1n) is 19.0. The van der Waals surface area contributed by atoms with Crippen LogP contribution < -0.4 is 4.90 Å². The molecule has 0 radical (unpaired) electrons. The Morgan fingerprint density at radius 1 is 0.455 bits per heavy atom. The fourth-order valence-corrected chi connectivity index (χ4v) is 9.14. The van der Waals surface area contributed by atoms with E-state index in [0.29, 0.717) is 0 Å². The van der Waals surface area contributed by atoms with Gasteiger partial charge >= 0.3 is 0 Å². The van der Waals surface area contributed by atoms with E-state index in [-0.39, 0.29) is 5.41 Å². The SMILES string of the molecule is CC1(C)c2ccccc2-c2ccc(N(c3ccccc3)c3ccc(-c4ccc5c(c4)c4c6ccccc6ccc4n5-c4nccc5ccccc45)cc3)cc21. The van der Waals surface area contributed by atoms with E-state index >= 15 is 0 Å². The Balaban J connectivity index is 1.05. The monoisotopic (exact) mass is 703 g/mol. The van der Waals surface area contributed by atoms with Crippen LogP contribution in [-0.4, -0.2) is 9.55 Å². The summed E-state index contributed by atoms with van der Waals surface area (Å²) in [5.41, 5.74) is 13.4. The molecule has 1 aliphatic rings. The third-order valence-electron chi connectivity index (χ3n) is 11.8. The van der Waals surface area contributed by atoms with Crippen molar-refractivity contribution in [3.05, 3.63) is 199 Å². The number of hydrogen-bond donors (Lipinski definition) is 0. The van der Waals surface area contributed by atoms with Crippen molar-refractivity contribution < 1.29 is 0 Å². The molecular formula is C52H37N3. The molecule has 0 saturated carbocycles. The molecule has 11 rings (SSSR count). The van der Waals surface area contributed by atoms with Gasteiger partial charge in [0.2, 0.25) is 0 Å². The van der Waals surface area contributed by atoms with Crippen LogP contribution in [0.15, 0.2) is 188 Å². The Bertz CT molecular complexity index is 3110. The highest BCUT2D eigenvalue weighted by Crippen LogP contribution is 2.50. The molecule has 55 heavy (non-hydrogen) atoms. The van der Waals surface area contributed by atoms with Crippen molar-refractivity contribution in [2.24, 2.45) is 0 Å². The summed E-state index contributed by atoms with van der Waals surface area (Å²) in [6.45, 7) is 4.69. The predicted octanol–water partition coefficient (Wildman–Crippen LogP) is 13.9. The van der Waals surface area contributed by atoms with Gasteiger partial charge < -0.3 is 4.90 Å². The van der Waals surface area contributed by atoms with Gasteiger partial charge in [-0.1, -0.05) is 135 Å². The van der Waals surface area contributed by atoms with Crippen molar-refractivity contribution in [3.63, 3.8) is 0 Å². The van der Waals surface area contributed by atoms with Crippen molar-refractivity contribution in [1.82, 2.24) is 9.55 Å². The van der Waals surface area contributed by atoms with Crippen LogP contribution in [0.2, 0.25) is 0 Å². The Hall–Kier alpha value is -6.97. The maximum Gasteiger partial charge on any atom is 0.145 e. The van der Waals surface area contributed by atoms with E-state index in [1.54, 1.807) is 0 Å². The average molecular weight is 704 g/mol. The second-order valence-electron chi connectivity index (χ2n) is 15.2. The first kappa shape index (κ1) is 31.5. The number of nitrogens with zero attached hydrogens (tertiary/aromatic N) is 3. The largest absolute Gasteiger partial charge is 0.310 e. The molecule has 0 saturated heterocycles. The Kier molecular flexibility index (Phi) is 6.90. The third kappa shape index (κ3) is 4.79. The maximum atomic E-state index is 4.98. The van der Waals surface area contributed by atoms with Gasteiger partial charge in [-0.05, 0) is 110 Å². The summed E-state index contributed by atoms with van der Waals surface area (Å²) in [5, 5.41) is 7.26. The van der Waals surface area contributed by atoms with Crippen molar-refractivity contribution in [1.29, 1.82) is 0 Å². The molecule has 0 atom stereocenters. The predicted molar refractivity (Wildman–Crippen MR) is 231 cm³/mol. The number of rotatable bonds is 5. The van der Waals surface area contributed by atoms with Crippen LogP contribution in [0.3, 0.4) is 0 Å². The van der Waals surface area contributed by atoms with Crippen LogP contribution in [0.5, 0.6) is 0 Å². The van der Waals surface area contributed by atoms with Gasteiger partial charge in [-0.3, -0.25) is 4.57 Å². The van der Waals surface area contributed by atoms with Gasteiger partial charge in [0.05, 0.1) is 11.0 Å². The lowest BCUT2D eigenvalue weighted by molar-refractivity contribution is 0.660. The minimum Gasteiger partial charge on any atom is -0.310 e. The van der Waals surface area contributed by atoms with Gasteiger partial charge in [0.15, 0.2) is 0 Å². The highest BCUT2D eigenvalue weighted by molar-refractivity contribution is 6.22. The lowest BCUT2D eigenvalue weighted by Crippen LogP contribution is -2.16. The molecule has 0 N–H and O–H groups in total. The van der Waals surface area contributed by atoms with Gasteiger partial charge in [0.1, 0.15) is 5.82 Å². The van der Waals surface area contributed by atoms with Crippen molar-refractivity contribution in [2.45, 2.75) is 19.3 Å². The van der Waals surface area contributed by atoms with Gasteiger partial charge in [-0.2, -0.15) is 0 Å². The second kappa shape index (κ2) is 12.0. The summed E-state index contributed by atoms with van der Waals surface area (Å²) in [5.74, 6) is 0.949. The average Bonchev–Trinajstić information content (AvgIpc) is 3.69. The molecule has 3 heteroatoms. The molecule has 0 bridgehead atoms. The molecule has 2 heterocycles. The van der Waals surface area contributed by atoms with E-state index < -0.39 is 0 Å². The van der Waals surface area contributed by atoms with Crippen molar-refractivity contribution in [3.8, 4) is 28.1 Å². The van der Waals surface area contributed by atoms with Crippen LogP contribution in [0, 0.1) is 0 Å². The molecule has 0 fully saturated rings. The van der Waals surface area contributed by atoms with Crippen LogP contribution in [0.4, 0.5) is 17.1 Å². The van der Waals surface area contributed by atoms with E-state index in [9.17, 15) is 0 Å². The van der Waals surface area contributed by atoms with Gasteiger partial charge in [0, 0.05) is 44.8 Å². The summed E-state index contributed by atoms with van der Waals surface area (Å²) in [6, 6.07) is 66.3. The van der Waals surface area contributed by atoms with E-state index in [2.05, 4.69) is 205 Å². The lowest BCUT2D eigenvalue weighted by Gasteiger charge is -2.28. The highest BCUT2D eigenvalue weighted by atomic mass is 15.1. The lowest BCUT2D eigenvalue weighted by atomic mass is 9.82. The number of hydrogen-bond acceptors (Lipinski definition) is 2. The molecule has 260 valence electrons. The van der Waals surface area contributed by atoms with E-state index in [4.69, 9.17) is 4.98 Å². The number of pyridine rings is 1. The molecule has 8 aromatic carbocycles. The van der Waals surface area contributed by atoms with Crippen LogP contribution in [0.1, 0.15) is 25.0 Å². The highest BCUT2D eigenvalue weighted by Gasteiger charge is 2.35. The summed E-state index contributed by atoms with van der Waals surface area (Å²) in [7, 11) is 0. The summed E-state index contributed by atoms with van der Waals surface area (Å²) >= 11 is 0. The molecular weight excluding hydrogens is 667 g/mol. The molecule has 2 aromatic heterocycles. The fraction of sp³-hybridized carbons (Fsp3) is 0.0577. The topological polar surface area (TPSA) is 21.1 Å². The van der Waals surface area contributed by atoms with Crippen LogP contribution in [0.25, 0.3) is 71.4 Å². The summed E-state index contributed by atoms with van der Waals surface area (Å²) < 4.78 is 2.35. The van der Waals surface area contributed by atoms with Gasteiger partial charge in [-0.15, -0.1) is 0 Å². The molecule has 0 spiro atoms. The molecule has 10 aromatic rings. The Morgan fingerprint density at radius 3 is 1.93 bits per heavy atom. The summed E-state index contributed by atoms with van der Waals surface area (Å²) in [4.78, 5) is 7.36. The minimum atomic E-state index is -0.0785. The zero-order chi connectivity index (χ0) is 36.7. The number of benzene rings is 8. The number of para-hydroxylation sites is 1. The third-order valence-corrected chi connectivity index (χ3v) is 11.8. The first-order valence-corrected chi connectivity index (χ1v) is 19.0. The molecule has 0 unspecified atom stereocenters. The molecule has 3 nitrogen and oxygen atoms in total. The fourth-order valence-electron chi connectivity index (χ4n) is 9.14. The van der Waals surface area contributed by atoms with Crippen molar-refractivity contribution >= 4 is 60.4 Å². The summed E-state index contributed by atoms with van der Waals surface area (Å²) in [6.07, 6.45) is 1.92. The Labute approximate surface area is 320 Å². The molecule has 0 aliphatic heterocycles. The Morgan fingerprint density at radius 2 is 1.09 bits per heavy atom. The van der Waals surface area contributed by atoms with Gasteiger partial charge in [0.25, 0.3) is 0 Å². The van der Waals surface area contributed by atoms with Crippen LogP contribution in [-0.2, 0) is 5.41 Å². The molecule has 0 amide bonds. The molecule has 1 aliphatic carbocycles. The number of anilines is 3. The first-order chi connectivity index (χ1) is 27.0.